The molecule has 0 aliphatic rings. The Balaban J connectivity index is 1.56. The molecule has 3 aromatic carbocycles. The standard InChI is InChI=1S/C23H23NO2/c1-16-4-7-19(8-5-16)20-9-12-22(13-10-20)26-15-23(25)24-21-11-6-17(2)18(3)14-21/h4-14H,15H2,1-3H3,(H,24,25). The molecule has 0 saturated heterocycles. The Bertz CT molecular complexity index is 896. The van der Waals surface area contributed by atoms with Gasteiger partial charge < -0.3 is 10.1 Å². The SMILES string of the molecule is Cc1ccc(-c2ccc(OCC(=O)Nc3ccc(C)c(C)c3)cc2)cc1. The highest BCUT2D eigenvalue weighted by molar-refractivity contribution is 5.92. The maximum Gasteiger partial charge on any atom is 0.262 e. The maximum atomic E-state index is 12.1. The molecule has 0 bridgehead atoms. The van der Waals surface area contributed by atoms with Gasteiger partial charge in [0.2, 0.25) is 0 Å². The van der Waals surface area contributed by atoms with Gasteiger partial charge in [-0.3, -0.25) is 4.79 Å². The Kier molecular flexibility index (Phi) is 5.37. The average molecular weight is 345 g/mol. The molecule has 0 radical (unpaired) electrons. The fraction of sp³-hybridized carbons (Fsp3) is 0.174. The number of hydrogen-bond donors (Lipinski definition) is 1. The van der Waals surface area contributed by atoms with Crippen molar-refractivity contribution >= 4 is 11.6 Å². The van der Waals surface area contributed by atoms with Crippen LogP contribution in [0.3, 0.4) is 0 Å². The number of benzene rings is 3. The Morgan fingerprint density at radius 3 is 2.04 bits per heavy atom. The highest BCUT2D eigenvalue weighted by atomic mass is 16.5. The van der Waals surface area contributed by atoms with Crippen LogP contribution in [0.25, 0.3) is 11.1 Å². The summed E-state index contributed by atoms with van der Waals surface area (Å²) in [5.74, 6) is 0.506. The fourth-order valence-corrected chi connectivity index (χ4v) is 2.65. The van der Waals surface area contributed by atoms with Gasteiger partial charge in [-0.15, -0.1) is 0 Å². The third-order valence-electron chi connectivity index (χ3n) is 4.40. The molecule has 0 heterocycles. The van der Waals surface area contributed by atoms with E-state index in [1.54, 1.807) is 0 Å². The summed E-state index contributed by atoms with van der Waals surface area (Å²) in [6, 6.07) is 22.0. The number of ether oxygens (including phenoxy) is 1. The molecule has 3 nitrogen and oxygen atoms in total. The summed E-state index contributed by atoms with van der Waals surface area (Å²) in [6.07, 6.45) is 0. The monoisotopic (exact) mass is 345 g/mol. The van der Waals surface area contributed by atoms with Crippen LogP contribution < -0.4 is 10.1 Å². The topological polar surface area (TPSA) is 38.3 Å². The van der Waals surface area contributed by atoms with Crippen LogP contribution in [0.4, 0.5) is 5.69 Å². The van der Waals surface area contributed by atoms with Gasteiger partial charge in [0.15, 0.2) is 6.61 Å². The van der Waals surface area contributed by atoms with Crippen LogP contribution in [0.1, 0.15) is 16.7 Å². The zero-order valence-electron chi connectivity index (χ0n) is 15.4. The predicted octanol–water partition coefficient (Wildman–Crippen LogP) is 5.30. The lowest BCUT2D eigenvalue weighted by Crippen LogP contribution is -2.20. The van der Waals surface area contributed by atoms with Gasteiger partial charge in [-0.1, -0.05) is 48.0 Å². The van der Waals surface area contributed by atoms with Crippen molar-refractivity contribution in [3.8, 4) is 16.9 Å². The molecule has 0 aliphatic carbocycles. The summed E-state index contributed by atoms with van der Waals surface area (Å²) in [6.45, 7) is 6.13. The number of anilines is 1. The Labute approximate surface area is 154 Å². The molecule has 0 aromatic heterocycles. The fourth-order valence-electron chi connectivity index (χ4n) is 2.65. The van der Waals surface area contributed by atoms with Gasteiger partial charge in [-0.25, -0.2) is 0 Å². The highest BCUT2D eigenvalue weighted by Crippen LogP contribution is 2.23. The van der Waals surface area contributed by atoms with Crippen LogP contribution in [0.5, 0.6) is 5.75 Å². The first-order chi connectivity index (χ1) is 12.5. The normalized spacial score (nSPS) is 10.4. The molecule has 1 N–H and O–H groups in total. The van der Waals surface area contributed by atoms with E-state index < -0.39 is 0 Å². The second kappa shape index (κ2) is 7.87. The minimum Gasteiger partial charge on any atom is -0.484 e. The average Bonchev–Trinajstić information content (AvgIpc) is 2.64. The van der Waals surface area contributed by atoms with Gasteiger partial charge in [0.1, 0.15) is 5.75 Å². The van der Waals surface area contributed by atoms with Crippen LogP contribution in [0.15, 0.2) is 66.7 Å². The van der Waals surface area contributed by atoms with Gasteiger partial charge >= 0.3 is 0 Å². The number of carbonyl (C=O) groups is 1. The van der Waals surface area contributed by atoms with Gasteiger partial charge in [0, 0.05) is 5.69 Å². The Morgan fingerprint density at radius 1 is 0.808 bits per heavy atom. The van der Waals surface area contributed by atoms with Crippen LogP contribution in [0.2, 0.25) is 0 Å². The smallest absolute Gasteiger partial charge is 0.262 e. The number of rotatable bonds is 5. The quantitative estimate of drug-likeness (QED) is 0.682. The van der Waals surface area contributed by atoms with Crippen LogP contribution in [0, 0.1) is 20.8 Å². The summed E-state index contributed by atoms with van der Waals surface area (Å²) < 4.78 is 5.59. The van der Waals surface area contributed by atoms with Gasteiger partial charge in [-0.2, -0.15) is 0 Å². The molecular formula is C23H23NO2. The molecule has 1 amide bonds. The summed E-state index contributed by atoms with van der Waals surface area (Å²) in [4.78, 5) is 12.1. The lowest BCUT2D eigenvalue weighted by molar-refractivity contribution is -0.118. The third-order valence-corrected chi connectivity index (χ3v) is 4.40. The van der Waals surface area contributed by atoms with Crippen molar-refractivity contribution in [2.45, 2.75) is 20.8 Å². The second-order valence-corrected chi connectivity index (χ2v) is 6.53. The van der Waals surface area contributed by atoms with Crippen molar-refractivity contribution < 1.29 is 9.53 Å². The highest BCUT2D eigenvalue weighted by Gasteiger charge is 2.05. The molecule has 0 saturated carbocycles. The molecule has 0 fully saturated rings. The van der Waals surface area contributed by atoms with E-state index in [-0.39, 0.29) is 12.5 Å². The van der Waals surface area contributed by atoms with E-state index in [1.165, 1.54) is 11.1 Å². The second-order valence-electron chi connectivity index (χ2n) is 6.53. The molecule has 3 heteroatoms. The summed E-state index contributed by atoms with van der Waals surface area (Å²) >= 11 is 0. The first kappa shape index (κ1) is 17.7. The Hall–Kier alpha value is -3.07. The zero-order chi connectivity index (χ0) is 18.5. The van der Waals surface area contributed by atoms with Gasteiger partial charge in [-0.05, 0) is 67.3 Å². The molecule has 3 rings (SSSR count). The van der Waals surface area contributed by atoms with E-state index in [1.807, 2.05) is 56.3 Å². The number of carbonyl (C=O) groups excluding carboxylic acids is 1. The zero-order valence-corrected chi connectivity index (χ0v) is 15.4. The van der Waals surface area contributed by atoms with E-state index in [4.69, 9.17) is 4.74 Å². The first-order valence-electron chi connectivity index (χ1n) is 8.68. The molecule has 0 unspecified atom stereocenters. The summed E-state index contributed by atoms with van der Waals surface area (Å²) in [5, 5.41) is 2.86. The number of aryl methyl sites for hydroxylation is 3. The predicted molar refractivity (Wildman–Crippen MR) is 107 cm³/mol. The first-order valence-corrected chi connectivity index (χ1v) is 8.68. The number of hydrogen-bond acceptors (Lipinski definition) is 2. The molecule has 3 aromatic rings. The lowest BCUT2D eigenvalue weighted by Gasteiger charge is -2.10. The van der Waals surface area contributed by atoms with Crippen molar-refractivity contribution in [3.63, 3.8) is 0 Å². The summed E-state index contributed by atoms with van der Waals surface area (Å²) in [7, 11) is 0. The van der Waals surface area contributed by atoms with E-state index in [2.05, 4.69) is 36.5 Å². The summed E-state index contributed by atoms with van der Waals surface area (Å²) in [5.41, 5.74) is 6.66. The minimum absolute atomic E-state index is 0.0171. The van der Waals surface area contributed by atoms with Crippen molar-refractivity contribution in [2.75, 3.05) is 11.9 Å². The van der Waals surface area contributed by atoms with Crippen molar-refractivity contribution in [3.05, 3.63) is 83.4 Å². The third kappa shape index (κ3) is 4.51. The molecule has 26 heavy (non-hydrogen) atoms. The molecule has 0 spiro atoms. The maximum absolute atomic E-state index is 12.1. The van der Waals surface area contributed by atoms with E-state index in [9.17, 15) is 4.79 Å². The van der Waals surface area contributed by atoms with E-state index >= 15 is 0 Å². The van der Waals surface area contributed by atoms with E-state index in [0.29, 0.717) is 5.75 Å². The number of amides is 1. The molecule has 132 valence electrons. The van der Waals surface area contributed by atoms with Crippen molar-refractivity contribution in [2.24, 2.45) is 0 Å². The lowest BCUT2D eigenvalue weighted by atomic mass is 10.0. The van der Waals surface area contributed by atoms with Gasteiger partial charge in [0.25, 0.3) is 5.91 Å². The molecule has 0 aliphatic heterocycles. The van der Waals surface area contributed by atoms with Gasteiger partial charge in [0.05, 0.1) is 0 Å². The van der Waals surface area contributed by atoms with Crippen LogP contribution >= 0.6 is 0 Å². The van der Waals surface area contributed by atoms with Crippen LogP contribution in [-0.4, -0.2) is 12.5 Å². The van der Waals surface area contributed by atoms with Crippen molar-refractivity contribution in [1.29, 1.82) is 0 Å². The Morgan fingerprint density at radius 2 is 1.42 bits per heavy atom. The minimum atomic E-state index is -0.170. The number of nitrogens with one attached hydrogen (secondary N) is 1. The largest absolute Gasteiger partial charge is 0.484 e. The van der Waals surface area contributed by atoms with Crippen molar-refractivity contribution in [1.82, 2.24) is 0 Å². The van der Waals surface area contributed by atoms with Crippen LogP contribution in [-0.2, 0) is 4.79 Å². The van der Waals surface area contributed by atoms with E-state index in [0.717, 1.165) is 22.4 Å². The molecule has 0 atom stereocenters. The molecular weight excluding hydrogens is 322 g/mol.